The van der Waals surface area contributed by atoms with Crippen molar-refractivity contribution >= 4 is 11.8 Å². The lowest BCUT2D eigenvalue weighted by molar-refractivity contribution is 0.0690. The quantitative estimate of drug-likeness (QED) is 0.771. The smallest absolute Gasteiger partial charge is 0.354 e. The zero-order valence-electron chi connectivity index (χ0n) is 11.8. The third-order valence-electron chi connectivity index (χ3n) is 2.82. The Balaban J connectivity index is 2.09. The van der Waals surface area contributed by atoms with Crippen molar-refractivity contribution in [2.24, 2.45) is 0 Å². The van der Waals surface area contributed by atoms with Crippen molar-refractivity contribution in [3.05, 3.63) is 51.8 Å². The molecule has 0 aliphatic rings. The van der Waals surface area contributed by atoms with Gasteiger partial charge in [0.05, 0.1) is 0 Å². The summed E-state index contributed by atoms with van der Waals surface area (Å²) in [6, 6.07) is 4.48. The lowest BCUT2D eigenvalue weighted by Crippen LogP contribution is -2.14. The molecule has 7 nitrogen and oxygen atoms in total. The largest absolute Gasteiger partial charge is 0.477 e. The average Bonchev–Trinajstić information content (AvgIpc) is 2.45. The molecule has 0 radical (unpaired) electrons. The number of hydrogen-bond acceptors (Lipinski definition) is 5. The van der Waals surface area contributed by atoms with Gasteiger partial charge in [0.2, 0.25) is 0 Å². The van der Waals surface area contributed by atoms with Gasteiger partial charge in [-0.3, -0.25) is 4.79 Å². The molecular weight excluding hydrogens is 272 g/mol. The Bertz CT molecular complexity index is 692. The van der Waals surface area contributed by atoms with Crippen LogP contribution in [0.2, 0.25) is 0 Å². The molecule has 7 heteroatoms. The van der Waals surface area contributed by atoms with E-state index in [2.05, 4.69) is 20.3 Å². The molecule has 3 N–H and O–H groups in total. The Labute approximate surface area is 121 Å². The maximum Gasteiger partial charge on any atom is 0.354 e. The maximum absolute atomic E-state index is 11.5. The van der Waals surface area contributed by atoms with Crippen LogP contribution in [0.3, 0.4) is 0 Å². The molecule has 21 heavy (non-hydrogen) atoms. The first-order valence-electron chi connectivity index (χ1n) is 6.49. The van der Waals surface area contributed by atoms with Crippen LogP contribution >= 0.6 is 0 Å². The predicted octanol–water partition coefficient (Wildman–Crippen LogP) is 1.60. The van der Waals surface area contributed by atoms with Crippen molar-refractivity contribution in [2.45, 2.75) is 26.3 Å². The molecule has 110 valence electrons. The number of H-pyrrole nitrogens is 1. The summed E-state index contributed by atoms with van der Waals surface area (Å²) in [5.41, 5.74) is 0.582. The van der Waals surface area contributed by atoms with Gasteiger partial charge in [-0.2, -0.15) is 0 Å². The fourth-order valence-corrected chi connectivity index (χ4v) is 1.69. The number of anilines is 1. The van der Waals surface area contributed by atoms with Crippen LogP contribution in [0, 0.1) is 0 Å². The van der Waals surface area contributed by atoms with E-state index in [-0.39, 0.29) is 17.2 Å². The highest BCUT2D eigenvalue weighted by atomic mass is 16.4. The van der Waals surface area contributed by atoms with Crippen LogP contribution in [0.5, 0.6) is 0 Å². The highest BCUT2D eigenvalue weighted by Crippen LogP contribution is 2.10. The molecule has 0 bridgehead atoms. The van der Waals surface area contributed by atoms with Crippen molar-refractivity contribution in [1.82, 2.24) is 15.0 Å². The molecule has 0 saturated heterocycles. The van der Waals surface area contributed by atoms with Crippen LogP contribution in [0.15, 0.2) is 29.2 Å². The number of nitrogens with zero attached hydrogens (tertiary/aromatic N) is 2. The zero-order valence-corrected chi connectivity index (χ0v) is 11.8. The molecule has 2 rings (SSSR count). The van der Waals surface area contributed by atoms with Crippen molar-refractivity contribution in [3.63, 3.8) is 0 Å². The Morgan fingerprint density at radius 3 is 2.76 bits per heavy atom. The van der Waals surface area contributed by atoms with Gasteiger partial charge in [0, 0.05) is 24.7 Å². The fourth-order valence-electron chi connectivity index (χ4n) is 1.69. The van der Waals surface area contributed by atoms with Gasteiger partial charge < -0.3 is 15.4 Å². The first kappa shape index (κ1) is 14.7. The van der Waals surface area contributed by atoms with E-state index in [1.54, 1.807) is 6.07 Å². The predicted molar refractivity (Wildman–Crippen MR) is 77.5 cm³/mol. The molecule has 0 spiro atoms. The summed E-state index contributed by atoms with van der Waals surface area (Å²) in [4.78, 5) is 33.1. The molecule has 0 amide bonds. The summed E-state index contributed by atoms with van der Waals surface area (Å²) >= 11 is 0. The number of nitrogens with one attached hydrogen (secondary N) is 2. The number of carboxylic acids is 1. The van der Waals surface area contributed by atoms with E-state index in [9.17, 15) is 9.59 Å². The Morgan fingerprint density at radius 1 is 1.43 bits per heavy atom. The summed E-state index contributed by atoms with van der Waals surface area (Å²) in [6.45, 7) is 4.29. The normalized spacial score (nSPS) is 10.6. The van der Waals surface area contributed by atoms with E-state index in [1.165, 1.54) is 18.3 Å². The lowest BCUT2D eigenvalue weighted by atomic mass is 10.2. The SMILES string of the molecule is CC(C)c1nc(NCc2ccc(C(=O)O)nc2)cc(=O)[nH]1. The van der Waals surface area contributed by atoms with E-state index in [0.717, 1.165) is 5.56 Å². The molecule has 0 aromatic carbocycles. The Hall–Kier alpha value is -2.70. The van der Waals surface area contributed by atoms with Gasteiger partial charge in [-0.05, 0) is 11.6 Å². The van der Waals surface area contributed by atoms with Crippen LogP contribution in [-0.2, 0) is 6.54 Å². The molecule has 2 aromatic rings. The number of hydrogen-bond donors (Lipinski definition) is 3. The van der Waals surface area contributed by atoms with Gasteiger partial charge in [-0.15, -0.1) is 0 Å². The minimum atomic E-state index is -1.06. The molecule has 0 fully saturated rings. The molecule has 2 heterocycles. The average molecular weight is 288 g/mol. The molecule has 0 atom stereocenters. The summed E-state index contributed by atoms with van der Waals surface area (Å²) in [7, 11) is 0. The molecule has 2 aromatic heterocycles. The van der Waals surface area contributed by atoms with Crippen LogP contribution < -0.4 is 10.9 Å². The molecule has 0 saturated carbocycles. The summed E-state index contributed by atoms with van der Waals surface area (Å²) < 4.78 is 0. The number of aromatic nitrogens is 3. The van der Waals surface area contributed by atoms with Gasteiger partial charge in [-0.1, -0.05) is 19.9 Å². The molecule has 0 aliphatic heterocycles. The second-order valence-electron chi connectivity index (χ2n) is 4.88. The van der Waals surface area contributed by atoms with E-state index < -0.39 is 5.97 Å². The second-order valence-corrected chi connectivity index (χ2v) is 4.88. The van der Waals surface area contributed by atoms with Crippen LogP contribution in [0.25, 0.3) is 0 Å². The number of aromatic carboxylic acids is 1. The molecule has 0 aliphatic carbocycles. The Morgan fingerprint density at radius 2 is 2.19 bits per heavy atom. The molecule has 0 unspecified atom stereocenters. The van der Waals surface area contributed by atoms with Crippen molar-refractivity contribution in [2.75, 3.05) is 5.32 Å². The summed E-state index contributed by atoms with van der Waals surface area (Å²) in [6.07, 6.45) is 1.48. The van der Waals surface area contributed by atoms with Crippen molar-refractivity contribution in [1.29, 1.82) is 0 Å². The highest BCUT2D eigenvalue weighted by molar-refractivity contribution is 5.85. The Kier molecular flexibility index (Phi) is 4.32. The first-order valence-corrected chi connectivity index (χ1v) is 6.49. The highest BCUT2D eigenvalue weighted by Gasteiger charge is 2.06. The first-order chi connectivity index (χ1) is 9.95. The van der Waals surface area contributed by atoms with E-state index >= 15 is 0 Å². The van der Waals surface area contributed by atoms with Gasteiger partial charge in [-0.25, -0.2) is 14.8 Å². The van der Waals surface area contributed by atoms with Crippen LogP contribution in [0.4, 0.5) is 5.82 Å². The number of pyridine rings is 1. The van der Waals surface area contributed by atoms with Crippen molar-refractivity contribution < 1.29 is 9.90 Å². The monoisotopic (exact) mass is 288 g/mol. The lowest BCUT2D eigenvalue weighted by Gasteiger charge is -2.09. The summed E-state index contributed by atoms with van der Waals surface area (Å²) in [5.74, 6) is 0.150. The standard InChI is InChI=1S/C14H16N4O3/c1-8(2)13-17-11(5-12(19)18-13)16-7-9-3-4-10(14(20)21)15-6-9/h3-6,8H,7H2,1-2H3,(H,20,21)(H2,16,17,18,19). The van der Waals surface area contributed by atoms with E-state index in [1.807, 2.05) is 13.8 Å². The fraction of sp³-hybridized carbons (Fsp3) is 0.286. The topological polar surface area (TPSA) is 108 Å². The van der Waals surface area contributed by atoms with E-state index in [4.69, 9.17) is 5.11 Å². The third-order valence-corrected chi connectivity index (χ3v) is 2.82. The van der Waals surface area contributed by atoms with Gasteiger partial charge >= 0.3 is 5.97 Å². The van der Waals surface area contributed by atoms with Gasteiger partial charge in [0.15, 0.2) is 0 Å². The van der Waals surface area contributed by atoms with Crippen LogP contribution in [0.1, 0.15) is 41.6 Å². The molecular formula is C14H16N4O3. The van der Waals surface area contributed by atoms with Crippen molar-refractivity contribution in [3.8, 4) is 0 Å². The van der Waals surface area contributed by atoms with E-state index in [0.29, 0.717) is 18.2 Å². The number of aromatic amines is 1. The number of rotatable bonds is 5. The number of carboxylic acid groups (broad SMARTS) is 1. The van der Waals surface area contributed by atoms with Gasteiger partial charge in [0.25, 0.3) is 5.56 Å². The zero-order chi connectivity index (χ0) is 15.4. The second kappa shape index (κ2) is 6.17. The van der Waals surface area contributed by atoms with Gasteiger partial charge in [0.1, 0.15) is 17.3 Å². The third kappa shape index (κ3) is 3.88. The van der Waals surface area contributed by atoms with Crippen LogP contribution in [-0.4, -0.2) is 26.0 Å². The minimum absolute atomic E-state index is 0.00451. The summed E-state index contributed by atoms with van der Waals surface area (Å²) in [5, 5.41) is 11.8. The number of carbonyl (C=O) groups is 1. The minimum Gasteiger partial charge on any atom is -0.477 e. The maximum atomic E-state index is 11.5.